The van der Waals surface area contributed by atoms with Crippen molar-refractivity contribution in [1.29, 1.82) is 0 Å². The number of rotatable bonds is 5. The van der Waals surface area contributed by atoms with Crippen LogP contribution in [0.4, 0.5) is 5.69 Å². The van der Waals surface area contributed by atoms with Crippen LogP contribution in [0.1, 0.15) is 15.9 Å². The normalized spacial score (nSPS) is 14.4. The maximum atomic E-state index is 13.2. The van der Waals surface area contributed by atoms with Gasteiger partial charge < -0.3 is 10.0 Å². The molecular formula is C22H17ClN2O5S. The van der Waals surface area contributed by atoms with Crippen molar-refractivity contribution in [2.24, 2.45) is 0 Å². The Morgan fingerprint density at radius 3 is 2.29 bits per heavy atom. The third-order valence-electron chi connectivity index (χ3n) is 4.95. The summed E-state index contributed by atoms with van der Waals surface area (Å²) in [5, 5.41) is 10.6. The molecule has 0 fully saturated rings. The number of phenolic OH excluding ortho intramolecular Hbond substituents is 1. The number of carbonyl (C=O) groups is 2. The van der Waals surface area contributed by atoms with E-state index in [1.54, 1.807) is 48.5 Å². The van der Waals surface area contributed by atoms with Gasteiger partial charge in [0.2, 0.25) is 5.91 Å². The number of amides is 2. The van der Waals surface area contributed by atoms with Gasteiger partial charge in [0.1, 0.15) is 17.2 Å². The Hall–Kier alpha value is -3.36. The third kappa shape index (κ3) is 3.87. The summed E-state index contributed by atoms with van der Waals surface area (Å²) in [7, 11) is -4.13. The number of halogens is 1. The summed E-state index contributed by atoms with van der Waals surface area (Å²) in [6.07, 6.45) is 0. The maximum Gasteiger partial charge on any atom is 0.269 e. The van der Waals surface area contributed by atoms with Crippen LogP contribution in [0.2, 0.25) is 5.02 Å². The fourth-order valence-electron chi connectivity index (χ4n) is 3.35. The first-order valence-electron chi connectivity index (χ1n) is 9.28. The molecule has 7 nitrogen and oxygen atoms in total. The van der Waals surface area contributed by atoms with Crippen molar-refractivity contribution in [2.45, 2.75) is 11.4 Å². The smallest absolute Gasteiger partial charge is 0.269 e. The second-order valence-corrected chi connectivity index (χ2v) is 9.17. The number of carbonyl (C=O) groups excluding carboxylic acids is 2. The van der Waals surface area contributed by atoms with Crippen LogP contribution in [-0.2, 0) is 21.4 Å². The van der Waals surface area contributed by atoms with Crippen LogP contribution < -0.4 is 4.90 Å². The van der Waals surface area contributed by atoms with Gasteiger partial charge in [-0.2, -0.15) is 0 Å². The molecule has 1 aliphatic rings. The van der Waals surface area contributed by atoms with Crippen LogP contribution in [0.5, 0.6) is 5.75 Å². The fraction of sp³-hybridized carbons (Fsp3) is 0.0909. The zero-order valence-corrected chi connectivity index (χ0v) is 17.7. The molecule has 1 heterocycles. The lowest BCUT2D eigenvalue weighted by Gasteiger charge is -2.25. The number of para-hydroxylation sites is 1. The van der Waals surface area contributed by atoms with Crippen molar-refractivity contribution >= 4 is 39.1 Å². The lowest BCUT2D eigenvalue weighted by molar-refractivity contribution is -0.118. The van der Waals surface area contributed by atoms with E-state index in [1.165, 1.54) is 29.2 Å². The molecule has 2 amide bonds. The molecule has 0 aliphatic carbocycles. The van der Waals surface area contributed by atoms with Crippen molar-refractivity contribution in [1.82, 2.24) is 4.31 Å². The van der Waals surface area contributed by atoms with Gasteiger partial charge in [-0.25, -0.2) is 12.7 Å². The van der Waals surface area contributed by atoms with E-state index in [-0.39, 0.29) is 22.8 Å². The molecule has 3 aromatic rings. The number of hydrogen-bond donors (Lipinski definition) is 1. The molecule has 0 radical (unpaired) electrons. The van der Waals surface area contributed by atoms with Crippen LogP contribution >= 0.6 is 11.6 Å². The number of aromatic hydroxyl groups is 1. The van der Waals surface area contributed by atoms with Crippen molar-refractivity contribution in [2.75, 3.05) is 11.4 Å². The summed E-state index contributed by atoms with van der Waals surface area (Å²) in [5.74, 6) is -1.38. The van der Waals surface area contributed by atoms with Crippen LogP contribution in [0.3, 0.4) is 0 Å². The molecule has 0 spiro atoms. The maximum absolute atomic E-state index is 13.2. The summed E-state index contributed by atoms with van der Waals surface area (Å²) >= 11 is 5.95. The highest BCUT2D eigenvalue weighted by atomic mass is 35.5. The molecule has 31 heavy (non-hydrogen) atoms. The third-order valence-corrected chi connectivity index (χ3v) is 6.99. The van der Waals surface area contributed by atoms with Gasteiger partial charge in [-0.1, -0.05) is 41.9 Å². The van der Waals surface area contributed by atoms with E-state index in [0.717, 1.165) is 0 Å². The molecular weight excluding hydrogens is 440 g/mol. The molecule has 158 valence electrons. The molecule has 0 atom stereocenters. The minimum absolute atomic E-state index is 0.00783. The molecule has 0 saturated carbocycles. The Labute approximate surface area is 184 Å². The van der Waals surface area contributed by atoms with Crippen LogP contribution in [-0.4, -0.2) is 36.2 Å². The van der Waals surface area contributed by atoms with E-state index in [4.69, 9.17) is 11.6 Å². The lowest BCUT2D eigenvalue weighted by atomic mass is 10.1. The average molecular weight is 457 g/mol. The van der Waals surface area contributed by atoms with E-state index >= 15 is 0 Å². The Balaban J connectivity index is 1.67. The first kappa shape index (κ1) is 20.9. The van der Waals surface area contributed by atoms with E-state index in [9.17, 15) is 23.1 Å². The van der Waals surface area contributed by atoms with Crippen LogP contribution in [0, 0.1) is 0 Å². The Bertz CT molecular complexity index is 1280. The van der Waals surface area contributed by atoms with Crippen LogP contribution in [0.15, 0.2) is 77.7 Å². The molecule has 0 unspecified atom stereocenters. The van der Waals surface area contributed by atoms with Gasteiger partial charge in [0, 0.05) is 16.3 Å². The number of sulfonamides is 1. The van der Waals surface area contributed by atoms with Gasteiger partial charge in [0.15, 0.2) is 0 Å². The second-order valence-electron chi connectivity index (χ2n) is 6.90. The number of benzene rings is 3. The largest absolute Gasteiger partial charge is 0.508 e. The SMILES string of the molecule is O=C(CN1C(=O)c2ccccc2S1(=O)=O)N(Cc1ccccc1O)c1ccc(Cl)cc1. The predicted octanol–water partition coefficient (Wildman–Crippen LogP) is 3.42. The molecule has 0 bridgehead atoms. The van der Waals surface area contributed by atoms with Crippen molar-refractivity contribution in [3.05, 3.63) is 88.9 Å². The monoisotopic (exact) mass is 456 g/mol. The molecule has 0 aromatic heterocycles. The Morgan fingerprint density at radius 1 is 0.968 bits per heavy atom. The van der Waals surface area contributed by atoms with Gasteiger partial charge in [-0.3, -0.25) is 9.59 Å². The summed E-state index contributed by atoms with van der Waals surface area (Å²) in [6, 6.07) is 18.7. The molecule has 1 N–H and O–H groups in total. The van der Waals surface area contributed by atoms with E-state index in [1.807, 2.05) is 0 Å². The first-order chi connectivity index (χ1) is 14.8. The standard InChI is InChI=1S/C22H17ClN2O5S/c23-16-9-11-17(12-10-16)24(13-15-5-1-3-7-19(15)26)21(27)14-25-22(28)18-6-2-4-8-20(18)31(25,29)30/h1-12,26H,13-14H2. The van der Waals surface area contributed by atoms with Gasteiger partial charge >= 0.3 is 0 Å². The number of nitrogens with zero attached hydrogens (tertiary/aromatic N) is 2. The zero-order valence-electron chi connectivity index (χ0n) is 16.1. The predicted molar refractivity (Wildman–Crippen MR) is 115 cm³/mol. The van der Waals surface area contributed by atoms with Gasteiger partial charge in [-0.15, -0.1) is 0 Å². The molecule has 0 saturated heterocycles. The second kappa shape index (κ2) is 8.05. The summed E-state index contributed by atoms with van der Waals surface area (Å²) in [5.41, 5.74) is 0.943. The highest BCUT2D eigenvalue weighted by Crippen LogP contribution is 2.31. The van der Waals surface area contributed by atoms with Gasteiger partial charge in [0.05, 0.1) is 12.1 Å². The Morgan fingerprint density at radius 2 is 1.61 bits per heavy atom. The van der Waals surface area contributed by atoms with Crippen molar-refractivity contribution < 1.29 is 23.1 Å². The molecule has 9 heteroatoms. The summed E-state index contributed by atoms with van der Waals surface area (Å²) in [4.78, 5) is 27.1. The van der Waals surface area contributed by atoms with E-state index in [2.05, 4.69) is 0 Å². The zero-order chi connectivity index (χ0) is 22.2. The first-order valence-corrected chi connectivity index (χ1v) is 11.1. The quantitative estimate of drug-likeness (QED) is 0.634. The van der Waals surface area contributed by atoms with Gasteiger partial charge in [-0.05, 0) is 42.5 Å². The summed E-state index contributed by atoms with van der Waals surface area (Å²) < 4.78 is 26.2. The van der Waals surface area contributed by atoms with Gasteiger partial charge in [0.25, 0.3) is 15.9 Å². The van der Waals surface area contributed by atoms with Crippen molar-refractivity contribution in [3.63, 3.8) is 0 Å². The number of phenols is 1. The highest BCUT2D eigenvalue weighted by Gasteiger charge is 2.42. The van der Waals surface area contributed by atoms with Crippen LogP contribution in [0.25, 0.3) is 0 Å². The minimum atomic E-state index is -4.13. The number of hydrogen-bond acceptors (Lipinski definition) is 5. The van der Waals surface area contributed by atoms with E-state index < -0.39 is 28.4 Å². The number of fused-ring (bicyclic) bond motifs is 1. The average Bonchev–Trinajstić information content (AvgIpc) is 2.95. The van der Waals surface area contributed by atoms with E-state index in [0.29, 0.717) is 20.6 Å². The molecule has 1 aliphatic heterocycles. The Kier molecular flexibility index (Phi) is 5.43. The highest BCUT2D eigenvalue weighted by molar-refractivity contribution is 7.90. The fourth-order valence-corrected chi connectivity index (χ4v) is 5.00. The topological polar surface area (TPSA) is 95.0 Å². The number of anilines is 1. The van der Waals surface area contributed by atoms with Crippen molar-refractivity contribution in [3.8, 4) is 5.75 Å². The lowest BCUT2D eigenvalue weighted by Crippen LogP contribution is -2.42. The molecule has 3 aromatic carbocycles. The molecule has 4 rings (SSSR count). The summed E-state index contributed by atoms with van der Waals surface area (Å²) in [6.45, 7) is -0.700. The minimum Gasteiger partial charge on any atom is -0.508 e.